The standard InChI is InChI=1S/C20H22FN3O/c21-19-5-1-3-15(7-19)8-20(25)24-13-17-11-23(12-18(17)14-24)10-16-4-2-6-22-9-16/h1-7,9,17-18H,8,10-14H2/t17-,18+. The molecule has 4 rings (SSSR count). The van der Waals surface area contributed by atoms with Crippen LogP contribution < -0.4 is 0 Å². The van der Waals surface area contributed by atoms with E-state index in [4.69, 9.17) is 0 Å². The molecule has 1 aromatic heterocycles. The lowest BCUT2D eigenvalue weighted by molar-refractivity contribution is -0.129. The molecule has 2 atom stereocenters. The molecule has 4 nitrogen and oxygen atoms in total. The van der Waals surface area contributed by atoms with Crippen molar-refractivity contribution in [3.63, 3.8) is 0 Å². The van der Waals surface area contributed by atoms with Gasteiger partial charge < -0.3 is 4.90 Å². The van der Waals surface area contributed by atoms with Crippen LogP contribution in [0.3, 0.4) is 0 Å². The molecule has 3 heterocycles. The Bertz CT molecular complexity index is 738. The van der Waals surface area contributed by atoms with Crippen molar-refractivity contribution >= 4 is 5.91 Å². The number of benzene rings is 1. The summed E-state index contributed by atoms with van der Waals surface area (Å²) < 4.78 is 13.3. The Hall–Kier alpha value is -2.27. The molecule has 2 aliphatic heterocycles. The fourth-order valence-electron chi connectivity index (χ4n) is 4.11. The summed E-state index contributed by atoms with van der Waals surface area (Å²) in [6.45, 7) is 4.63. The van der Waals surface area contributed by atoms with E-state index in [0.29, 0.717) is 11.8 Å². The van der Waals surface area contributed by atoms with Crippen LogP contribution in [0.15, 0.2) is 48.8 Å². The molecule has 0 saturated carbocycles. The molecule has 2 saturated heterocycles. The number of fused-ring (bicyclic) bond motifs is 1. The molecular weight excluding hydrogens is 317 g/mol. The topological polar surface area (TPSA) is 36.4 Å². The molecule has 0 radical (unpaired) electrons. The van der Waals surface area contributed by atoms with Crippen LogP contribution in [0.5, 0.6) is 0 Å². The van der Waals surface area contributed by atoms with Crippen LogP contribution in [-0.2, 0) is 17.8 Å². The average Bonchev–Trinajstić information content (AvgIpc) is 3.14. The number of hydrogen-bond donors (Lipinski definition) is 0. The highest BCUT2D eigenvalue weighted by Crippen LogP contribution is 2.32. The second kappa shape index (κ2) is 6.92. The lowest BCUT2D eigenvalue weighted by Gasteiger charge is -2.21. The molecule has 1 aromatic carbocycles. The van der Waals surface area contributed by atoms with Crippen molar-refractivity contribution < 1.29 is 9.18 Å². The second-order valence-corrected chi connectivity index (χ2v) is 7.18. The number of hydrogen-bond acceptors (Lipinski definition) is 3. The third-order valence-electron chi connectivity index (χ3n) is 5.29. The SMILES string of the molecule is O=C(Cc1cccc(F)c1)N1C[C@H]2CN(Cc3cccnc3)C[C@H]2C1. The minimum absolute atomic E-state index is 0.110. The zero-order valence-corrected chi connectivity index (χ0v) is 14.1. The fourth-order valence-corrected chi connectivity index (χ4v) is 4.11. The first-order chi connectivity index (χ1) is 12.2. The smallest absolute Gasteiger partial charge is 0.227 e. The molecular formula is C20H22FN3O. The predicted molar refractivity (Wildman–Crippen MR) is 93.2 cm³/mol. The van der Waals surface area contributed by atoms with Crippen LogP contribution in [0.4, 0.5) is 4.39 Å². The zero-order valence-electron chi connectivity index (χ0n) is 14.1. The minimum atomic E-state index is -0.283. The first-order valence-electron chi connectivity index (χ1n) is 8.81. The van der Waals surface area contributed by atoms with Gasteiger partial charge in [-0.25, -0.2) is 4.39 Å². The molecule has 2 fully saturated rings. The number of amides is 1. The van der Waals surface area contributed by atoms with Crippen LogP contribution in [0.1, 0.15) is 11.1 Å². The van der Waals surface area contributed by atoms with Gasteiger partial charge in [-0.2, -0.15) is 0 Å². The molecule has 1 amide bonds. The summed E-state index contributed by atoms with van der Waals surface area (Å²) in [5.74, 6) is 0.926. The molecule has 130 valence electrons. The first kappa shape index (κ1) is 16.2. The van der Waals surface area contributed by atoms with Gasteiger partial charge in [0.15, 0.2) is 0 Å². The summed E-state index contributed by atoms with van der Waals surface area (Å²) in [6, 6.07) is 10.4. The van der Waals surface area contributed by atoms with E-state index in [2.05, 4.69) is 16.0 Å². The second-order valence-electron chi connectivity index (χ2n) is 7.18. The van der Waals surface area contributed by atoms with Crippen LogP contribution in [0, 0.1) is 17.7 Å². The minimum Gasteiger partial charge on any atom is -0.342 e. The maximum atomic E-state index is 13.3. The number of rotatable bonds is 4. The number of carbonyl (C=O) groups excluding carboxylic acids is 1. The molecule has 2 aromatic rings. The maximum absolute atomic E-state index is 13.3. The summed E-state index contributed by atoms with van der Waals surface area (Å²) in [6.07, 6.45) is 4.00. The molecule has 5 heteroatoms. The van der Waals surface area contributed by atoms with Gasteiger partial charge in [0, 0.05) is 45.1 Å². The Morgan fingerprint density at radius 1 is 1.08 bits per heavy atom. The molecule has 0 bridgehead atoms. The van der Waals surface area contributed by atoms with Gasteiger partial charge in [0.2, 0.25) is 5.91 Å². The average molecular weight is 339 g/mol. The van der Waals surface area contributed by atoms with E-state index in [9.17, 15) is 9.18 Å². The zero-order chi connectivity index (χ0) is 17.2. The Balaban J connectivity index is 1.31. The molecule has 0 aliphatic carbocycles. The van der Waals surface area contributed by atoms with Gasteiger partial charge in [0.05, 0.1) is 6.42 Å². The largest absolute Gasteiger partial charge is 0.342 e. The van der Waals surface area contributed by atoms with E-state index >= 15 is 0 Å². The van der Waals surface area contributed by atoms with Crippen LogP contribution in [0.2, 0.25) is 0 Å². The Morgan fingerprint density at radius 3 is 2.52 bits per heavy atom. The summed E-state index contributed by atoms with van der Waals surface area (Å²) >= 11 is 0. The predicted octanol–water partition coefficient (Wildman–Crippen LogP) is 2.35. The van der Waals surface area contributed by atoms with E-state index < -0.39 is 0 Å². The van der Waals surface area contributed by atoms with Gasteiger partial charge in [-0.05, 0) is 41.2 Å². The van der Waals surface area contributed by atoms with Gasteiger partial charge in [0.25, 0.3) is 0 Å². The van der Waals surface area contributed by atoms with E-state index in [1.807, 2.05) is 23.2 Å². The van der Waals surface area contributed by atoms with E-state index in [1.54, 1.807) is 12.3 Å². The van der Waals surface area contributed by atoms with Gasteiger partial charge >= 0.3 is 0 Å². The first-order valence-corrected chi connectivity index (χ1v) is 8.81. The van der Waals surface area contributed by atoms with Gasteiger partial charge in [-0.3, -0.25) is 14.7 Å². The monoisotopic (exact) mass is 339 g/mol. The molecule has 2 aliphatic rings. The number of halogens is 1. The summed E-state index contributed by atoms with van der Waals surface area (Å²) in [5, 5.41) is 0. The fraction of sp³-hybridized carbons (Fsp3) is 0.400. The molecule has 0 spiro atoms. The Labute approximate surface area is 147 Å². The van der Waals surface area contributed by atoms with Crippen molar-refractivity contribution in [1.82, 2.24) is 14.8 Å². The van der Waals surface area contributed by atoms with Crippen molar-refractivity contribution in [2.45, 2.75) is 13.0 Å². The molecule has 25 heavy (non-hydrogen) atoms. The van der Waals surface area contributed by atoms with Crippen LogP contribution in [0.25, 0.3) is 0 Å². The molecule has 0 N–H and O–H groups in total. The number of aromatic nitrogens is 1. The Kier molecular flexibility index (Phi) is 4.49. The maximum Gasteiger partial charge on any atom is 0.227 e. The highest BCUT2D eigenvalue weighted by molar-refractivity contribution is 5.79. The van der Waals surface area contributed by atoms with Crippen LogP contribution >= 0.6 is 0 Å². The normalized spacial score (nSPS) is 23.0. The van der Waals surface area contributed by atoms with Gasteiger partial charge in [-0.1, -0.05) is 18.2 Å². The van der Waals surface area contributed by atoms with Gasteiger partial charge in [-0.15, -0.1) is 0 Å². The lowest BCUT2D eigenvalue weighted by atomic mass is 10.0. The Morgan fingerprint density at radius 2 is 1.84 bits per heavy atom. The number of carbonyl (C=O) groups is 1. The summed E-state index contributed by atoms with van der Waals surface area (Å²) in [5.41, 5.74) is 1.99. The van der Waals surface area contributed by atoms with Crippen molar-refractivity contribution in [3.8, 4) is 0 Å². The van der Waals surface area contributed by atoms with Crippen molar-refractivity contribution in [1.29, 1.82) is 0 Å². The summed E-state index contributed by atoms with van der Waals surface area (Å²) in [7, 11) is 0. The molecule has 0 unspecified atom stereocenters. The van der Waals surface area contributed by atoms with Crippen molar-refractivity contribution in [2.75, 3.05) is 26.2 Å². The van der Waals surface area contributed by atoms with Crippen LogP contribution in [-0.4, -0.2) is 46.9 Å². The highest BCUT2D eigenvalue weighted by atomic mass is 19.1. The highest BCUT2D eigenvalue weighted by Gasteiger charge is 2.41. The number of pyridine rings is 1. The van der Waals surface area contributed by atoms with Crippen molar-refractivity contribution in [2.24, 2.45) is 11.8 Å². The van der Waals surface area contributed by atoms with Gasteiger partial charge in [0.1, 0.15) is 5.82 Å². The van der Waals surface area contributed by atoms with E-state index in [-0.39, 0.29) is 18.1 Å². The van der Waals surface area contributed by atoms with E-state index in [0.717, 1.165) is 38.3 Å². The van der Waals surface area contributed by atoms with Crippen molar-refractivity contribution in [3.05, 3.63) is 65.7 Å². The quantitative estimate of drug-likeness (QED) is 0.858. The lowest BCUT2D eigenvalue weighted by Crippen LogP contribution is -2.34. The third-order valence-corrected chi connectivity index (χ3v) is 5.29. The third kappa shape index (κ3) is 3.71. The van der Waals surface area contributed by atoms with E-state index in [1.165, 1.54) is 17.7 Å². The summed E-state index contributed by atoms with van der Waals surface area (Å²) in [4.78, 5) is 21.1. The number of nitrogens with zero attached hydrogens (tertiary/aromatic N) is 3. The number of likely N-dealkylation sites (tertiary alicyclic amines) is 2.